The number of thioether (sulfide) groups is 1. The minimum atomic E-state index is -0.101. The van der Waals surface area contributed by atoms with E-state index < -0.39 is 0 Å². The molecule has 3 nitrogen and oxygen atoms in total. The number of nitrogens with one attached hydrogen (secondary N) is 1. The van der Waals surface area contributed by atoms with Gasteiger partial charge in [-0.25, -0.2) is 4.98 Å². The molecule has 0 radical (unpaired) electrons. The summed E-state index contributed by atoms with van der Waals surface area (Å²) in [5, 5.41) is 2.91. The molecule has 0 aliphatic carbocycles. The fourth-order valence-corrected chi connectivity index (χ4v) is 3.02. The molecule has 1 amide bonds. The Bertz CT molecular complexity index is 767. The summed E-state index contributed by atoms with van der Waals surface area (Å²) in [6.45, 7) is 0. The first-order valence-electron chi connectivity index (χ1n) is 6.05. The van der Waals surface area contributed by atoms with Gasteiger partial charge in [-0.3, -0.25) is 4.79 Å². The van der Waals surface area contributed by atoms with Gasteiger partial charge in [-0.2, -0.15) is 0 Å². The van der Waals surface area contributed by atoms with Crippen LogP contribution in [-0.2, 0) is 0 Å². The Kier molecular flexibility index (Phi) is 3.71. The summed E-state index contributed by atoms with van der Waals surface area (Å²) >= 11 is 3.21. The number of amides is 1. The van der Waals surface area contributed by atoms with E-state index in [1.807, 2.05) is 48.7 Å². The topological polar surface area (TPSA) is 42.0 Å². The molecule has 0 spiro atoms. The zero-order valence-electron chi connectivity index (χ0n) is 10.8. The summed E-state index contributed by atoms with van der Waals surface area (Å²) in [5.41, 5.74) is 4.14. The number of nitrogens with zero attached hydrogens (tertiary/aromatic N) is 1. The SMILES string of the molecule is CSc1cccc(C(=O)Nc2ccc3scnc3c2)c1. The monoisotopic (exact) mass is 300 g/mol. The Labute approximate surface area is 125 Å². The number of aromatic nitrogens is 1. The standard InChI is InChI=1S/C15H12N2OS2/c1-19-12-4-2-3-10(7-12)15(18)17-11-5-6-14-13(8-11)16-9-20-14/h2-9H,1H3,(H,17,18). The molecule has 1 N–H and O–H groups in total. The van der Waals surface area contributed by atoms with Gasteiger partial charge in [0.25, 0.3) is 5.91 Å². The molecule has 1 aromatic heterocycles. The molecule has 0 aliphatic heterocycles. The maximum atomic E-state index is 12.2. The lowest BCUT2D eigenvalue weighted by Crippen LogP contribution is -2.11. The largest absolute Gasteiger partial charge is 0.322 e. The number of carbonyl (C=O) groups excluding carboxylic acids is 1. The van der Waals surface area contributed by atoms with Crippen LogP contribution in [0.2, 0.25) is 0 Å². The van der Waals surface area contributed by atoms with Crippen LogP contribution in [0, 0.1) is 0 Å². The van der Waals surface area contributed by atoms with Crippen LogP contribution >= 0.6 is 23.1 Å². The lowest BCUT2D eigenvalue weighted by molar-refractivity contribution is 0.102. The molecular weight excluding hydrogens is 288 g/mol. The van der Waals surface area contributed by atoms with Crippen LogP contribution in [0.1, 0.15) is 10.4 Å². The Morgan fingerprint density at radius 2 is 2.15 bits per heavy atom. The molecule has 5 heteroatoms. The first-order chi connectivity index (χ1) is 9.76. The maximum Gasteiger partial charge on any atom is 0.255 e. The summed E-state index contributed by atoms with van der Waals surface area (Å²) < 4.78 is 1.12. The molecule has 1 heterocycles. The molecule has 0 fully saturated rings. The van der Waals surface area contributed by atoms with Crippen LogP contribution < -0.4 is 5.32 Å². The van der Waals surface area contributed by atoms with E-state index >= 15 is 0 Å². The van der Waals surface area contributed by atoms with Crippen molar-refractivity contribution >= 4 is 44.9 Å². The quantitative estimate of drug-likeness (QED) is 0.734. The third-order valence-corrected chi connectivity index (χ3v) is 4.46. The van der Waals surface area contributed by atoms with Crippen molar-refractivity contribution in [1.82, 2.24) is 4.98 Å². The first-order valence-corrected chi connectivity index (χ1v) is 8.15. The van der Waals surface area contributed by atoms with E-state index in [2.05, 4.69) is 10.3 Å². The van der Waals surface area contributed by atoms with E-state index in [4.69, 9.17) is 0 Å². The zero-order valence-corrected chi connectivity index (χ0v) is 12.4. The molecular formula is C15H12N2OS2. The van der Waals surface area contributed by atoms with Gasteiger partial charge >= 0.3 is 0 Å². The number of rotatable bonds is 3. The van der Waals surface area contributed by atoms with Crippen LogP contribution in [0.15, 0.2) is 52.9 Å². The highest BCUT2D eigenvalue weighted by Gasteiger charge is 2.07. The van der Waals surface area contributed by atoms with Crippen molar-refractivity contribution in [3.05, 3.63) is 53.5 Å². The van der Waals surface area contributed by atoms with Gasteiger partial charge in [0, 0.05) is 16.1 Å². The van der Waals surface area contributed by atoms with Gasteiger partial charge in [-0.05, 0) is 42.7 Å². The Hall–Kier alpha value is -1.85. The Morgan fingerprint density at radius 3 is 3.00 bits per heavy atom. The van der Waals surface area contributed by atoms with Crippen LogP contribution in [-0.4, -0.2) is 17.1 Å². The minimum Gasteiger partial charge on any atom is -0.322 e. The van der Waals surface area contributed by atoms with E-state index in [-0.39, 0.29) is 5.91 Å². The molecule has 20 heavy (non-hydrogen) atoms. The lowest BCUT2D eigenvalue weighted by atomic mass is 10.2. The molecule has 2 aromatic carbocycles. The lowest BCUT2D eigenvalue weighted by Gasteiger charge is -2.06. The average molecular weight is 300 g/mol. The summed E-state index contributed by atoms with van der Waals surface area (Å²) in [4.78, 5) is 17.5. The highest BCUT2D eigenvalue weighted by molar-refractivity contribution is 7.98. The molecule has 100 valence electrons. The number of hydrogen-bond acceptors (Lipinski definition) is 4. The van der Waals surface area contributed by atoms with Gasteiger partial charge in [0.05, 0.1) is 15.7 Å². The van der Waals surface area contributed by atoms with Crippen molar-refractivity contribution in [2.75, 3.05) is 11.6 Å². The van der Waals surface area contributed by atoms with Crippen molar-refractivity contribution in [2.24, 2.45) is 0 Å². The molecule has 3 rings (SSSR count). The number of anilines is 1. The molecule has 0 atom stereocenters. The Balaban J connectivity index is 1.83. The van der Waals surface area contributed by atoms with Crippen molar-refractivity contribution in [2.45, 2.75) is 4.90 Å². The molecule has 0 saturated carbocycles. The maximum absolute atomic E-state index is 12.2. The van der Waals surface area contributed by atoms with Gasteiger partial charge in [-0.15, -0.1) is 23.1 Å². The molecule has 3 aromatic rings. The summed E-state index contributed by atoms with van der Waals surface area (Å²) in [7, 11) is 0. The number of fused-ring (bicyclic) bond motifs is 1. The van der Waals surface area contributed by atoms with Crippen molar-refractivity contribution in [3.63, 3.8) is 0 Å². The number of benzene rings is 2. The Morgan fingerprint density at radius 1 is 1.25 bits per heavy atom. The van der Waals surface area contributed by atoms with Gasteiger partial charge < -0.3 is 5.32 Å². The van der Waals surface area contributed by atoms with Crippen molar-refractivity contribution in [3.8, 4) is 0 Å². The average Bonchev–Trinajstić information content (AvgIpc) is 2.95. The van der Waals surface area contributed by atoms with Crippen LogP contribution in [0.4, 0.5) is 5.69 Å². The van der Waals surface area contributed by atoms with Gasteiger partial charge in [-0.1, -0.05) is 6.07 Å². The third-order valence-electron chi connectivity index (χ3n) is 2.92. The molecule has 0 aliphatic rings. The van der Waals surface area contributed by atoms with Crippen molar-refractivity contribution in [1.29, 1.82) is 0 Å². The fraction of sp³-hybridized carbons (Fsp3) is 0.0667. The fourth-order valence-electron chi connectivity index (χ4n) is 1.90. The summed E-state index contributed by atoms with van der Waals surface area (Å²) in [6, 6.07) is 13.4. The highest BCUT2D eigenvalue weighted by Crippen LogP contribution is 2.22. The summed E-state index contributed by atoms with van der Waals surface area (Å²) in [6.07, 6.45) is 1.99. The normalized spacial score (nSPS) is 10.7. The zero-order chi connectivity index (χ0) is 13.9. The van der Waals surface area contributed by atoms with E-state index in [1.165, 1.54) is 0 Å². The van der Waals surface area contributed by atoms with Crippen LogP contribution in [0.25, 0.3) is 10.2 Å². The predicted molar refractivity (Wildman–Crippen MR) is 85.8 cm³/mol. The van der Waals surface area contributed by atoms with Gasteiger partial charge in [0.15, 0.2) is 0 Å². The third kappa shape index (κ3) is 2.69. The van der Waals surface area contributed by atoms with E-state index in [0.29, 0.717) is 5.56 Å². The highest BCUT2D eigenvalue weighted by atomic mass is 32.2. The smallest absolute Gasteiger partial charge is 0.255 e. The molecule has 0 saturated heterocycles. The first kappa shape index (κ1) is 13.1. The number of hydrogen-bond donors (Lipinski definition) is 1. The molecule has 0 unspecified atom stereocenters. The second kappa shape index (κ2) is 5.64. The van der Waals surface area contributed by atoms with Crippen LogP contribution in [0.5, 0.6) is 0 Å². The number of thiazole rings is 1. The molecule has 0 bridgehead atoms. The van der Waals surface area contributed by atoms with Gasteiger partial charge in [0.1, 0.15) is 0 Å². The van der Waals surface area contributed by atoms with Crippen molar-refractivity contribution < 1.29 is 4.79 Å². The van der Waals surface area contributed by atoms with E-state index in [0.717, 1.165) is 20.8 Å². The second-order valence-corrected chi connectivity index (χ2v) is 5.99. The minimum absolute atomic E-state index is 0.101. The van der Waals surface area contributed by atoms with E-state index in [9.17, 15) is 4.79 Å². The predicted octanol–water partition coefficient (Wildman–Crippen LogP) is 4.27. The number of carbonyl (C=O) groups is 1. The van der Waals surface area contributed by atoms with Crippen LogP contribution in [0.3, 0.4) is 0 Å². The summed E-state index contributed by atoms with van der Waals surface area (Å²) in [5.74, 6) is -0.101. The second-order valence-electron chi connectivity index (χ2n) is 4.22. The van der Waals surface area contributed by atoms with Gasteiger partial charge in [0.2, 0.25) is 0 Å². The van der Waals surface area contributed by atoms with E-state index in [1.54, 1.807) is 28.6 Å².